The molecule has 3 N–H and O–H groups in total. The van der Waals surface area contributed by atoms with Gasteiger partial charge in [0, 0.05) is 33.4 Å². The molecule has 0 radical (unpaired) electrons. The number of hydrogen-bond acceptors (Lipinski definition) is 4. The maximum atomic E-state index is 11.7. The number of carbonyl (C=O) groups excluding carboxylic acids is 1. The van der Waals surface area contributed by atoms with Gasteiger partial charge >= 0.3 is 0 Å². The lowest BCUT2D eigenvalue weighted by Gasteiger charge is -2.15. The van der Waals surface area contributed by atoms with Gasteiger partial charge in [-0.15, -0.1) is 0 Å². The van der Waals surface area contributed by atoms with E-state index in [9.17, 15) is 4.79 Å². The van der Waals surface area contributed by atoms with E-state index in [-0.39, 0.29) is 5.91 Å². The molecule has 0 bridgehead atoms. The predicted molar refractivity (Wildman–Crippen MR) is 56.5 cm³/mol. The quantitative estimate of drug-likeness (QED) is 0.678. The van der Waals surface area contributed by atoms with Crippen LogP contribution in [0.2, 0.25) is 0 Å². The lowest BCUT2D eigenvalue weighted by Crippen LogP contribution is -2.28. The van der Waals surface area contributed by atoms with Gasteiger partial charge < -0.3 is 15.4 Å². The molecule has 1 heterocycles. The lowest BCUT2D eigenvalue weighted by molar-refractivity contribution is 0.0773. The number of H-pyrrole nitrogens is 1. The zero-order chi connectivity index (χ0) is 11.3. The largest absolute Gasteiger partial charge is 0.385 e. The topological polar surface area (TPSA) is 84.2 Å². The zero-order valence-corrected chi connectivity index (χ0v) is 8.99. The van der Waals surface area contributed by atoms with Crippen LogP contribution in [0.3, 0.4) is 0 Å². The summed E-state index contributed by atoms with van der Waals surface area (Å²) >= 11 is 0. The van der Waals surface area contributed by atoms with Crippen LogP contribution in [-0.4, -0.2) is 48.3 Å². The van der Waals surface area contributed by atoms with Crippen molar-refractivity contribution < 1.29 is 9.53 Å². The first kappa shape index (κ1) is 11.5. The average Bonchev–Trinajstić information content (AvgIpc) is 2.64. The molecule has 0 atom stereocenters. The standard InChI is InChI=1S/C9H16N4O2/c1-13(4-3-5-15-2)9(14)7-6-8(10)12-11-7/h6H,3-5H2,1-2H3,(H3,10,11,12). The summed E-state index contributed by atoms with van der Waals surface area (Å²) in [5.41, 5.74) is 5.81. The van der Waals surface area contributed by atoms with Crippen molar-refractivity contribution in [2.45, 2.75) is 6.42 Å². The molecule has 1 amide bonds. The van der Waals surface area contributed by atoms with Crippen LogP contribution in [0.15, 0.2) is 6.07 Å². The van der Waals surface area contributed by atoms with Gasteiger partial charge in [-0.2, -0.15) is 5.10 Å². The van der Waals surface area contributed by atoms with Gasteiger partial charge in [0.2, 0.25) is 0 Å². The van der Waals surface area contributed by atoms with Gasteiger partial charge in [0.15, 0.2) is 0 Å². The predicted octanol–water partition coefficient (Wildman–Crippen LogP) is 0.100. The Labute approximate surface area is 88.4 Å². The lowest BCUT2D eigenvalue weighted by atomic mass is 10.3. The number of nitrogens with two attached hydrogens (primary N) is 1. The number of methoxy groups -OCH3 is 1. The molecule has 0 spiro atoms. The van der Waals surface area contributed by atoms with E-state index in [0.717, 1.165) is 6.42 Å². The smallest absolute Gasteiger partial charge is 0.271 e. The van der Waals surface area contributed by atoms with Crippen LogP contribution in [0.1, 0.15) is 16.9 Å². The van der Waals surface area contributed by atoms with Crippen molar-refractivity contribution in [2.24, 2.45) is 0 Å². The van der Waals surface area contributed by atoms with Crippen molar-refractivity contribution in [1.29, 1.82) is 0 Å². The number of ether oxygens (including phenoxy) is 1. The molecule has 6 heteroatoms. The number of hydrogen-bond donors (Lipinski definition) is 2. The van der Waals surface area contributed by atoms with Gasteiger partial charge in [-0.1, -0.05) is 0 Å². The van der Waals surface area contributed by atoms with Gasteiger partial charge in [0.05, 0.1) is 0 Å². The number of amides is 1. The van der Waals surface area contributed by atoms with E-state index in [2.05, 4.69) is 10.2 Å². The van der Waals surface area contributed by atoms with Gasteiger partial charge in [0.1, 0.15) is 11.5 Å². The summed E-state index contributed by atoms with van der Waals surface area (Å²) < 4.78 is 4.90. The number of rotatable bonds is 5. The van der Waals surface area contributed by atoms with Crippen LogP contribution in [0.4, 0.5) is 5.82 Å². The summed E-state index contributed by atoms with van der Waals surface area (Å²) in [6.45, 7) is 1.29. The highest BCUT2D eigenvalue weighted by Crippen LogP contribution is 2.04. The van der Waals surface area contributed by atoms with E-state index in [4.69, 9.17) is 10.5 Å². The molecule has 0 saturated heterocycles. The summed E-state index contributed by atoms with van der Waals surface area (Å²) in [4.78, 5) is 13.3. The fourth-order valence-corrected chi connectivity index (χ4v) is 1.20. The minimum atomic E-state index is -0.115. The molecule has 1 aromatic heterocycles. The van der Waals surface area contributed by atoms with Crippen molar-refractivity contribution in [1.82, 2.24) is 15.1 Å². The first-order valence-corrected chi connectivity index (χ1v) is 4.70. The highest BCUT2D eigenvalue weighted by molar-refractivity contribution is 5.92. The van der Waals surface area contributed by atoms with E-state index in [1.807, 2.05) is 0 Å². The van der Waals surface area contributed by atoms with Crippen LogP contribution < -0.4 is 5.73 Å². The van der Waals surface area contributed by atoms with E-state index in [1.54, 1.807) is 19.1 Å². The summed E-state index contributed by atoms with van der Waals surface area (Å²) in [6.07, 6.45) is 0.808. The summed E-state index contributed by atoms with van der Waals surface area (Å²) in [6, 6.07) is 1.52. The molecule has 1 aromatic rings. The molecule has 0 fully saturated rings. The van der Waals surface area contributed by atoms with Gasteiger partial charge in [-0.3, -0.25) is 9.89 Å². The summed E-state index contributed by atoms with van der Waals surface area (Å²) in [5, 5.41) is 6.28. The second kappa shape index (κ2) is 5.35. The normalized spacial score (nSPS) is 10.3. The second-order valence-electron chi connectivity index (χ2n) is 3.28. The van der Waals surface area contributed by atoms with E-state index in [0.29, 0.717) is 24.7 Å². The zero-order valence-electron chi connectivity index (χ0n) is 8.99. The molecule has 1 rings (SSSR count). The Hall–Kier alpha value is -1.56. The summed E-state index contributed by atoms with van der Waals surface area (Å²) in [5.74, 6) is 0.207. The molecule has 0 aliphatic rings. The maximum Gasteiger partial charge on any atom is 0.271 e. The molecule has 0 aromatic carbocycles. The minimum absolute atomic E-state index is 0.115. The molecule has 0 unspecified atom stereocenters. The third-order valence-corrected chi connectivity index (χ3v) is 2.02. The van der Waals surface area contributed by atoms with Crippen molar-refractivity contribution >= 4 is 11.7 Å². The molecule has 0 aliphatic heterocycles. The van der Waals surface area contributed by atoms with Crippen LogP contribution in [0.5, 0.6) is 0 Å². The highest BCUT2D eigenvalue weighted by Gasteiger charge is 2.13. The Bertz CT molecular complexity index is 324. The Morgan fingerprint density at radius 1 is 1.73 bits per heavy atom. The Balaban J connectivity index is 2.46. The van der Waals surface area contributed by atoms with Gasteiger partial charge in [-0.05, 0) is 6.42 Å². The Morgan fingerprint density at radius 3 is 3.00 bits per heavy atom. The van der Waals surface area contributed by atoms with E-state index in [1.165, 1.54) is 6.07 Å². The number of nitrogens with one attached hydrogen (secondary N) is 1. The van der Waals surface area contributed by atoms with Crippen LogP contribution in [0.25, 0.3) is 0 Å². The molecule has 0 saturated carbocycles. The molecule has 0 aliphatic carbocycles. The van der Waals surface area contributed by atoms with Crippen molar-refractivity contribution in [2.75, 3.05) is 33.0 Å². The van der Waals surface area contributed by atoms with Gasteiger partial charge in [-0.25, -0.2) is 0 Å². The average molecular weight is 212 g/mol. The molecular weight excluding hydrogens is 196 g/mol. The number of carbonyl (C=O) groups is 1. The van der Waals surface area contributed by atoms with E-state index >= 15 is 0 Å². The SMILES string of the molecule is COCCCN(C)C(=O)c1cc(N)n[nH]1. The third kappa shape index (κ3) is 3.25. The van der Waals surface area contributed by atoms with E-state index < -0.39 is 0 Å². The van der Waals surface area contributed by atoms with Crippen LogP contribution >= 0.6 is 0 Å². The van der Waals surface area contributed by atoms with Crippen molar-refractivity contribution in [3.05, 3.63) is 11.8 Å². The second-order valence-corrected chi connectivity index (χ2v) is 3.28. The fraction of sp³-hybridized carbons (Fsp3) is 0.556. The summed E-state index contributed by atoms with van der Waals surface area (Å²) in [7, 11) is 3.37. The van der Waals surface area contributed by atoms with Crippen LogP contribution in [-0.2, 0) is 4.74 Å². The number of aromatic amines is 1. The first-order valence-electron chi connectivity index (χ1n) is 4.70. The first-order chi connectivity index (χ1) is 7.15. The number of nitrogens with zero attached hydrogens (tertiary/aromatic N) is 2. The highest BCUT2D eigenvalue weighted by atomic mass is 16.5. The van der Waals surface area contributed by atoms with Crippen molar-refractivity contribution in [3.63, 3.8) is 0 Å². The monoisotopic (exact) mass is 212 g/mol. The molecule has 84 valence electrons. The number of nitrogen functional groups attached to an aromatic ring is 1. The molecule has 15 heavy (non-hydrogen) atoms. The third-order valence-electron chi connectivity index (χ3n) is 2.02. The fourth-order valence-electron chi connectivity index (χ4n) is 1.20. The van der Waals surface area contributed by atoms with Crippen LogP contribution in [0, 0.1) is 0 Å². The number of anilines is 1. The molecular formula is C9H16N4O2. The minimum Gasteiger partial charge on any atom is -0.385 e. The van der Waals surface area contributed by atoms with Gasteiger partial charge in [0.25, 0.3) is 5.91 Å². The number of aromatic nitrogens is 2. The van der Waals surface area contributed by atoms with Crippen molar-refractivity contribution in [3.8, 4) is 0 Å². The Morgan fingerprint density at radius 2 is 2.47 bits per heavy atom. The Kier molecular flexibility index (Phi) is 4.11. The molecule has 6 nitrogen and oxygen atoms in total. The maximum absolute atomic E-state index is 11.7.